The van der Waals surface area contributed by atoms with E-state index in [0.29, 0.717) is 29.8 Å². The summed E-state index contributed by atoms with van der Waals surface area (Å²) in [7, 11) is 0. The summed E-state index contributed by atoms with van der Waals surface area (Å²) < 4.78 is 5.19. The van der Waals surface area contributed by atoms with E-state index in [1.807, 2.05) is 0 Å². The minimum absolute atomic E-state index is 0.00875. The van der Waals surface area contributed by atoms with E-state index >= 15 is 0 Å². The van der Waals surface area contributed by atoms with Crippen LogP contribution >= 0.6 is 0 Å². The van der Waals surface area contributed by atoms with Gasteiger partial charge in [-0.25, -0.2) is 0 Å². The van der Waals surface area contributed by atoms with Crippen molar-refractivity contribution in [2.24, 2.45) is 5.41 Å². The third kappa shape index (κ3) is 2.36. The first-order valence-electron chi connectivity index (χ1n) is 6.28. The highest BCUT2D eigenvalue weighted by Crippen LogP contribution is 2.35. The van der Waals surface area contributed by atoms with Gasteiger partial charge >= 0.3 is 5.97 Å². The van der Waals surface area contributed by atoms with Gasteiger partial charge in [0.2, 0.25) is 0 Å². The minimum atomic E-state index is -1.03. The highest BCUT2D eigenvalue weighted by molar-refractivity contribution is 5.75. The van der Waals surface area contributed by atoms with Crippen molar-refractivity contribution >= 4 is 11.7 Å². The third-order valence-electron chi connectivity index (χ3n) is 3.82. The van der Waals surface area contributed by atoms with Gasteiger partial charge in [0.1, 0.15) is 0 Å². The van der Waals surface area contributed by atoms with Crippen molar-refractivity contribution in [3.8, 4) is 0 Å². The number of carbonyl (C=O) groups is 1. The Labute approximate surface area is 115 Å². The number of aliphatic carboxylic acids is 1. The largest absolute Gasteiger partial charge is 0.481 e. The van der Waals surface area contributed by atoms with Gasteiger partial charge in [-0.3, -0.25) is 19.9 Å². The number of ether oxygens (including phenoxy) is 1. The summed E-state index contributed by atoms with van der Waals surface area (Å²) in [5.41, 5.74) is 0.344. The highest BCUT2D eigenvalue weighted by atomic mass is 16.6. The number of rotatable bonds is 4. The van der Waals surface area contributed by atoms with Gasteiger partial charge in [0.25, 0.3) is 5.69 Å². The molecule has 1 saturated heterocycles. The van der Waals surface area contributed by atoms with Gasteiger partial charge in [-0.05, 0) is 20.3 Å². The zero-order valence-electron chi connectivity index (χ0n) is 11.4. The summed E-state index contributed by atoms with van der Waals surface area (Å²) >= 11 is 0. The molecule has 1 aliphatic heterocycles. The lowest BCUT2D eigenvalue weighted by molar-refractivity contribution is -0.386. The molecule has 1 unspecified atom stereocenters. The Morgan fingerprint density at radius 3 is 2.80 bits per heavy atom. The maximum atomic E-state index is 11.5. The van der Waals surface area contributed by atoms with Gasteiger partial charge in [0, 0.05) is 30.4 Å². The van der Waals surface area contributed by atoms with Crippen LogP contribution in [0.15, 0.2) is 6.20 Å². The monoisotopic (exact) mass is 280 g/mol. The zero-order valence-corrected chi connectivity index (χ0v) is 11.4. The normalized spacial score (nSPS) is 21.9. The van der Waals surface area contributed by atoms with E-state index in [1.54, 1.807) is 13.8 Å². The van der Waals surface area contributed by atoms with Crippen LogP contribution in [0.4, 0.5) is 5.69 Å². The molecule has 1 aromatic rings. The van der Waals surface area contributed by atoms with Crippen LogP contribution in [0.1, 0.15) is 23.2 Å². The smallest absolute Gasteiger partial charge is 0.312 e. The number of aryl methyl sites for hydroxylation is 1. The van der Waals surface area contributed by atoms with E-state index in [1.165, 1.54) is 6.20 Å². The Bertz CT molecular complexity index is 564. The van der Waals surface area contributed by atoms with Crippen LogP contribution in [0.3, 0.4) is 0 Å². The second-order valence-electron chi connectivity index (χ2n) is 5.18. The van der Waals surface area contributed by atoms with Gasteiger partial charge in [0.05, 0.1) is 22.6 Å². The molecule has 0 spiro atoms. The number of pyridine rings is 1. The molecule has 20 heavy (non-hydrogen) atoms. The first kappa shape index (κ1) is 14.4. The molecule has 7 nitrogen and oxygen atoms in total. The fraction of sp³-hybridized carbons (Fsp3) is 0.538. The molecule has 0 aromatic carbocycles. The third-order valence-corrected chi connectivity index (χ3v) is 3.82. The van der Waals surface area contributed by atoms with Gasteiger partial charge in [-0.1, -0.05) is 0 Å². The number of nitro groups is 1. The Morgan fingerprint density at radius 1 is 1.60 bits per heavy atom. The standard InChI is InChI=1S/C13H16N2O5/c1-8-6-14-10(9(2)11(8)15(18)19)5-13(12(16)17)3-4-20-7-13/h6H,3-5,7H2,1-2H3,(H,16,17). The minimum Gasteiger partial charge on any atom is -0.481 e. The van der Waals surface area contributed by atoms with E-state index in [0.717, 1.165) is 0 Å². The molecular formula is C13H16N2O5. The molecule has 2 heterocycles. The number of carboxylic acids is 1. The lowest BCUT2D eigenvalue weighted by Gasteiger charge is -2.22. The summed E-state index contributed by atoms with van der Waals surface area (Å²) in [4.78, 5) is 26.3. The predicted molar refractivity (Wildman–Crippen MR) is 69.6 cm³/mol. The van der Waals surface area contributed by atoms with Crippen molar-refractivity contribution in [3.63, 3.8) is 0 Å². The van der Waals surface area contributed by atoms with Crippen LogP contribution in [0, 0.1) is 29.4 Å². The number of hydrogen-bond donors (Lipinski definition) is 1. The topological polar surface area (TPSA) is 103 Å². The fourth-order valence-electron chi connectivity index (χ4n) is 2.54. The molecule has 0 bridgehead atoms. The first-order valence-corrected chi connectivity index (χ1v) is 6.28. The number of aromatic nitrogens is 1. The van der Waals surface area contributed by atoms with Crippen LogP contribution in [0.5, 0.6) is 0 Å². The zero-order chi connectivity index (χ0) is 14.9. The van der Waals surface area contributed by atoms with Gasteiger partial charge in [-0.15, -0.1) is 0 Å². The second-order valence-corrected chi connectivity index (χ2v) is 5.18. The molecule has 0 saturated carbocycles. The molecule has 2 rings (SSSR count). The number of nitrogens with zero attached hydrogens (tertiary/aromatic N) is 2. The first-order chi connectivity index (χ1) is 9.37. The summed E-state index contributed by atoms with van der Waals surface area (Å²) in [5.74, 6) is -0.945. The van der Waals surface area contributed by atoms with Crippen molar-refractivity contribution < 1.29 is 19.6 Å². The van der Waals surface area contributed by atoms with E-state index < -0.39 is 16.3 Å². The van der Waals surface area contributed by atoms with Crippen LogP contribution < -0.4 is 0 Å². The molecule has 1 fully saturated rings. The molecule has 108 valence electrons. The molecule has 1 N–H and O–H groups in total. The van der Waals surface area contributed by atoms with Gasteiger partial charge in [-0.2, -0.15) is 0 Å². The summed E-state index contributed by atoms with van der Waals surface area (Å²) in [5, 5.41) is 20.5. The second kappa shape index (κ2) is 5.16. The van der Waals surface area contributed by atoms with Crippen molar-refractivity contribution in [2.75, 3.05) is 13.2 Å². The average Bonchev–Trinajstić information content (AvgIpc) is 2.82. The molecule has 0 amide bonds. The molecule has 0 aliphatic carbocycles. The SMILES string of the molecule is Cc1cnc(CC2(C(=O)O)CCOC2)c(C)c1[N+](=O)[O-]. The summed E-state index contributed by atoms with van der Waals surface area (Å²) in [6.45, 7) is 3.73. The molecular weight excluding hydrogens is 264 g/mol. The van der Waals surface area contributed by atoms with Crippen molar-refractivity contribution in [1.82, 2.24) is 4.98 Å². The van der Waals surface area contributed by atoms with Crippen molar-refractivity contribution in [3.05, 3.63) is 33.1 Å². The van der Waals surface area contributed by atoms with Gasteiger partial charge in [0.15, 0.2) is 0 Å². The average molecular weight is 280 g/mol. The van der Waals surface area contributed by atoms with E-state index in [4.69, 9.17) is 4.74 Å². The molecule has 1 aromatic heterocycles. The van der Waals surface area contributed by atoms with Crippen LogP contribution in [-0.2, 0) is 16.0 Å². The van der Waals surface area contributed by atoms with E-state index in [2.05, 4.69) is 4.98 Å². The van der Waals surface area contributed by atoms with Crippen LogP contribution in [-0.4, -0.2) is 34.2 Å². The lowest BCUT2D eigenvalue weighted by Crippen LogP contribution is -2.34. The maximum Gasteiger partial charge on any atom is 0.312 e. The van der Waals surface area contributed by atoms with Crippen LogP contribution in [0.25, 0.3) is 0 Å². The quantitative estimate of drug-likeness (QED) is 0.664. The fourth-order valence-corrected chi connectivity index (χ4v) is 2.54. The maximum absolute atomic E-state index is 11.5. The van der Waals surface area contributed by atoms with E-state index in [9.17, 15) is 20.0 Å². The summed E-state index contributed by atoms with van der Waals surface area (Å²) in [6.07, 6.45) is 1.96. The molecule has 7 heteroatoms. The van der Waals surface area contributed by atoms with Crippen molar-refractivity contribution in [2.45, 2.75) is 26.7 Å². The Morgan fingerprint density at radius 2 is 2.30 bits per heavy atom. The van der Waals surface area contributed by atoms with Crippen LogP contribution in [0.2, 0.25) is 0 Å². The number of hydrogen-bond acceptors (Lipinski definition) is 5. The highest BCUT2D eigenvalue weighted by Gasteiger charge is 2.43. The molecule has 1 atom stereocenters. The summed E-state index contributed by atoms with van der Waals surface area (Å²) in [6, 6.07) is 0. The van der Waals surface area contributed by atoms with Crippen molar-refractivity contribution in [1.29, 1.82) is 0 Å². The molecule has 1 aliphatic rings. The Hall–Kier alpha value is -2.02. The van der Waals surface area contributed by atoms with Gasteiger partial charge < -0.3 is 9.84 Å². The predicted octanol–water partition coefficient (Wildman–Crippen LogP) is 1.64. The molecule has 0 radical (unpaired) electrons. The Kier molecular flexibility index (Phi) is 3.71. The Balaban J connectivity index is 2.41. The van der Waals surface area contributed by atoms with E-state index in [-0.39, 0.29) is 18.7 Å². The lowest BCUT2D eigenvalue weighted by atomic mass is 9.81. The number of carboxylic acid groups (broad SMARTS) is 1.